The Labute approximate surface area is 99.1 Å². The van der Waals surface area contributed by atoms with Crippen LogP contribution in [0.3, 0.4) is 0 Å². The van der Waals surface area contributed by atoms with Gasteiger partial charge in [0.15, 0.2) is 0 Å². The molecule has 2 atom stereocenters. The first-order chi connectivity index (χ1) is 7.81. The standard InChI is InChI=1S/C10H17N3O2S/c1-16-6-4-7(11)10-12-9(13-15-10)8-3-2-5-14-8/h7-8H,2-6,11H2,1H3/t7-,8?/m1/s1. The smallest absolute Gasteiger partial charge is 0.243 e. The molecule has 0 saturated carbocycles. The van der Waals surface area contributed by atoms with Crippen molar-refractivity contribution >= 4 is 11.8 Å². The van der Waals surface area contributed by atoms with Crippen molar-refractivity contribution in [1.29, 1.82) is 0 Å². The molecule has 16 heavy (non-hydrogen) atoms. The monoisotopic (exact) mass is 243 g/mol. The van der Waals surface area contributed by atoms with Gasteiger partial charge >= 0.3 is 0 Å². The van der Waals surface area contributed by atoms with E-state index in [1.54, 1.807) is 11.8 Å². The van der Waals surface area contributed by atoms with Gasteiger partial charge in [0, 0.05) is 6.61 Å². The molecule has 0 spiro atoms. The topological polar surface area (TPSA) is 74.2 Å². The highest BCUT2D eigenvalue weighted by Crippen LogP contribution is 2.27. The van der Waals surface area contributed by atoms with Gasteiger partial charge in [0.25, 0.3) is 0 Å². The van der Waals surface area contributed by atoms with E-state index in [0.717, 1.165) is 31.6 Å². The quantitative estimate of drug-likeness (QED) is 0.848. The molecule has 0 aromatic carbocycles. The van der Waals surface area contributed by atoms with Gasteiger partial charge in [-0.05, 0) is 31.3 Å². The van der Waals surface area contributed by atoms with E-state index in [4.69, 9.17) is 15.0 Å². The molecule has 1 aromatic heterocycles. The third kappa shape index (κ3) is 2.75. The van der Waals surface area contributed by atoms with Gasteiger partial charge in [0.2, 0.25) is 11.7 Å². The predicted octanol–water partition coefficient (Wildman–Crippen LogP) is 1.67. The van der Waals surface area contributed by atoms with Crippen LogP contribution in [0.5, 0.6) is 0 Å². The molecule has 0 amide bonds. The van der Waals surface area contributed by atoms with E-state index in [1.807, 2.05) is 0 Å². The second kappa shape index (κ2) is 5.65. The van der Waals surface area contributed by atoms with Gasteiger partial charge in [0.05, 0.1) is 6.04 Å². The van der Waals surface area contributed by atoms with Crippen molar-refractivity contribution in [2.75, 3.05) is 18.6 Å². The number of rotatable bonds is 5. The maximum atomic E-state index is 5.94. The molecule has 5 nitrogen and oxygen atoms in total. The number of ether oxygens (including phenoxy) is 1. The molecule has 0 aliphatic carbocycles. The minimum absolute atomic E-state index is 0.00486. The molecular weight excluding hydrogens is 226 g/mol. The highest BCUT2D eigenvalue weighted by atomic mass is 32.2. The van der Waals surface area contributed by atoms with Crippen LogP contribution in [-0.2, 0) is 4.74 Å². The molecule has 0 radical (unpaired) electrons. The molecule has 90 valence electrons. The number of hydrogen-bond donors (Lipinski definition) is 1. The molecule has 1 fully saturated rings. The summed E-state index contributed by atoms with van der Waals surface area (Å²) in [5.41, 5.74) is 5.94. The van der Waals surface area contributed by atoms with E-state index < -0.39 is 0 Å². The van der Waals surface area contributed by atoms with Crippen LogP contribution in [0.25, 0.3) is 0 Å². The van der Waals surface area contributed by atoms with E-state index in [2.05, 4.69) is 16.4 Å². The fourth-order valence-electron chi connectivity index (χ4n) is 1.68. The zero-order valence-corrected chi connectivity index (χ0v) is 10.2. The van der Waals surface area contributed by atoms with Gasteiger partial charge in [-0.1, -0.05) is 5.16 Å². The SMILES string of the molecule is CSCC[C@@H](N)c1nc(C2CCCO2)no1. The molecule has 2 heterocycles. The summed E-state index contributed by atoms with van der Waals surface area (Å²) in [5.74, 6) is 2.17. The average molecular weight is 243 g/mol. The van der Waals surface area contributed by atoms with Crippen molar-refractivity contribution in [3.05, 3.63) is 11.7 Å². The molecule has 1 aliphatic rings. The van der Waals surface area contributed by atoms with E-state index in [-0.39, 0.29) is 12.1 Å². The lowest BCUT2D eigenvalue weighted by Gasteiger charge is -2.04. The van der Waals surface area contributed by atoms with Gasteiger partial charge in [-0.15, -0.1) is 0 Å². The van der Waals surface area contributed by atoms with Gasteiger partial charge in [-0.3, -0.25) is 0 Å². The normalized spacial score (nSPS) is 22.5. The molecule has 1 saturated heterocycles. The average Bonchev–Trinajstić information content (AvgIpc) is 2.94. The molecule has 1 aromatic rings. The van der Waals surface area contributed by atoms with Crippen LogP contribution in [0, 0.1) is 0 Å². The first-order valence-electron chi connectivity index (χ1n) is 5.51. The zero-order chi connectivity index (χ0) is 11.4. The van der Waals surface area contributed by atoms with Crippen LogP contribution < -0.4 is 5.73 Å². The summed E-state index contributed by atoms with van der Waals surface area (Å²) < 4.78 is 10.6. The maximum Gasteiger partial charge on any atom is 0.243 e. The van der Waals surface area contributed by atoms with E-state index in [1.165, 1.54) is 0 Å². The predicted molar refractivity (Wildman–Crippen MR) is 62.2 cm³/mol. The highest BCUT2D eigenvalue weighted by Gasteiger charge is 2.24. The van der Waals surface area contributed by atoms with Crippen molar-refractivity contribution < 1.29 is 9.26 Å². The fraction of sp³-hybridized carbons (Fsp3) is 0.800. The summed E-state index contributed by atoms with van der Waals surface area (Å²) in [5, 5.41) is 3.93. The summed E-state index contributed by atoms with van der Waals surface area (Å²) in [6.07, 6.45) is 4.95. The molecule has 2 N–H and O–H groups in total. The first kappa shape index (κ1) is 11.9. The van der Waals surface area contributed by atoms with Crippen molar-refractivity contribution in [2.45, 2.75) is 31.4 Å². The van der Waals surface area contributed by atoms with Crippen molar-refractivity contribution in [3.63, 3.8) is 0 Å². The number of aromatic nitrogens is 2. The van der Waals surface area contributed by atoms with E-state index in [9.17, 15) is 0 Å². The lowest BCUT2D eigenvalue weighted by molar-refractivity contribution is 0.103. The fourth-order valence-corrected chi connectivity index (χ4v) is 2.17. The molecule has 0 bridgehead atoms. The van der Waals surface area contributed by atoms with Crippen LogP contribution in [0.15, 0.2) is 4.52 Å². The van der Waals surface area contributed by atoms with Gasteiger partial charge in [-0.2, -0.15) is 16.7 Å². The maximum absolute atomic E-state index is 5.94. The molecule has 6 heteroatoms. The Bertz CT molecular complexity index is 326. The van der Waals surface area contributed by atoms with Crippen LogP contribution in [0.2, 0.25) is 0 Å². The lowest BCUT2D eigenvalue weighted by atomic mass is 10.2. The summed E-state index contributed by atoms with van der Waals surface area (Å²) in [4.78, 5) is 4.31. The zero-order valence-electron chi connectivity index (χ0n) is 9.39. The summed E-state index contributed by atoms with van der Waals surface area (Å²) >= 11 is 1.76. The second-order valence-corrected chi connectivity index (χ2v) is 4.87. The summed E-state index contributed by atoms with van der Waals surface area (Å²) in [6.45, 7) is 0.785. The summed E-state index contributed by atoms with van der Waals surface area (Å²) in [6, 6.07) is -0.157. The number of hydrogen-bond acceptors (Lipinski definition) is 6. The largest absolute Gasteiger partial charge is 0.370 e. The third-order valence-corrected chi connectivity index (χ3v) is 3.27. The Balaban J connectivity index is 1.95. The van der Waals surface area contributed by atoms with Gasteiger partial charge in [-0.25, -0.2) is 0 Å². The molecule has 1 aliphatic heterocycles. The minimum atomic E-state index is -0.157. The third-order valence-electron chi connectivity index (χ3n) is 2.63. The van der Waals surface area contributed by atoms with Crippen LogP contribution in [-0.4, -0.2) is 28.8 Å². The summed E-state index contributed by atoms with van der Waals surface area (Å²) in [7, 11) is 0. The Morgan fingerprint density at radius 2 is 2.50 bits per heavy atom. The van der Waals surface area contributed by atoms with Gasteiger partial charge < -0.3 is 15.0 Å². The van der Waals surface area contributed by atoms with Crippen molar-refractivity contribution in [3.8, 4) is 0 Å². The van der Waals surface area contributed by atoms with E-state index in [0.29, 0.717) is 11.7 Å². The number of nitrogens with two attached hydrogens (primary N) is 1. The Morgan fingerprint density at radius 1 is 1.62 bits per heavy atom. The Morgan fingerprint density at radius 3 is 3.19 bits per heavy atom. The first-order valence-corrected chi connectivity index (χ1v) is 6.90. The van der Waals surface area contributed by atoms with Gasteiger partial charge in [0.1, 0.15) is 6.10 Å². The molecule has 2 rings (SSSR count). The van der Waals surface area contributed by atoms with Crippen LogP contribution in [0.1, 0.15) is 43.1 Å². The highest BCUT2D eigenvalue weighted by molar-refractivity contribution is 7.98. The second-order valence-electron chi connectivity index (χ2n) is 3.88. The number of nitrogens with zero attached hydrogens (tertiary/aromatic N) is 2. The van der Waals surface area contributed by atoms with Crippen LogP contribution >= 0.6 is 11.8 Å². The molecular formula is C10H17N3O2S. The van der Waals surface area contributed by atoms with E-state index >= 15 is 0 Å². The Hall–Kier alpha value is -0.590. The molecule has 1 unspecified atom stereocenters. The van der Waals surface area contributed by atoms with Crippen molar-refractivity contribution in [1.82, 2.24) is 10.1 Å². The van der Waals surface area contributed by atoms with Crippen molar-refractivity contribution in [2.24, 2.45) is 5.73 Å². The number of thioether (sulfide) groups is 1. The van der Waals surface area contributed by atoms with Crippen LogP contribution in [0.4, 0.5) is 0 Å². The Kier molecular flexibility index (Phi) is 4.20. The lowest BCUT2D eigenvalue weighted by Crippen LogP contribution is -2.12. The minimum Gasteiger partial charge on any atom is -0.370 e.